The van der Waals surface area contributed by atoms with Gasteiger partial charge in [-0.15, -0.1) is 10.2 Å². The Morgan fingerprint density at radius 1 is 1.15 bits per heavy atom. The lowest BCUT2D eigenvalue weighted by atomic mass is 10.1. The standard InChI is InChI=1S/C22H21BrF3N5O2S/c1-30-8-10-31(11-9-30)18-7-6-14(22(24,25)26)12-17(18)27-19(32)13-34-21-29-28-20(33-21)15-4-2-3-5-16(15)23/h2-7,12H,8-11,13H2,1H3,(H,27,32). The third-order valence-corrected chi connectivity index (χ3v) is 6.79. The van der Waals surface area contributed by atoms with Crippen molar-refractivity contribution < 1.29 is 22.4 Å². The summed E-state index contributed by atoms with van der Waals surface area (Å²) < 4.78 is 46.3. The largest absolute Gasteiger partial charge is 0.416 e. The van der Waals surface area contributed by atoms with Gasteiger partial charge in [0.05, 0.1) is 28.3 Å². The van der Waals surface area contributed by atoms with Gasteiger partial charge < -0.3 is 19.5 Å². The molecule has 7 nitrogen and oxygen atoms in total. The van der Waals surface area contributed by atoms with Gasteiger partial charge in [0.2, 0.25) is 11.8 Å². The zero-order chi connectivity index (χ0) is 24.3. The molecule has 1 N–H and O–H groups in total. The maximum atomic E-state index is 13.3. The van der Waals surface area contributed by atoms with Gasteiger partial charge in [0.25, 0.3) is 5.22 Å². The molecular formula is C22H21BrF3N5O2S. The van der Waals surface area contributed by atoms with E-state index in [1.807, 2.05) is 36.2 Å². The summed E-state index contributed by atoms with van der Waals surface area (Å²) in [5.74, 6) is -0.276. The molecule has 0 atom stereocenters. The van der Waals surface area contributed by atoms with Crippen LogP contribution in [0.1, 0.15) is 5.56 Å². The van der Waals surface area contributed by atoms with E-state index < -0.39 is 17.6 Å². The first-order valence-electron chi connectivity index (χ1n) is 10.4. The average Bonchev–Trinajstić information content (AvgIpc) is 3.27. The lowest BCUT2D eigenvalue weighted by Crippen LogP contribution is -2.44. The van der Waals surface area contributed by atoms with Crippen LogP contribution in [0, 0.1) is 0 Å². The van der Waals surface area contributed by atoms with E-state index in [9.17, 15) is 18.0 Å². The number of hydrogen-bond donors (Lipinski definition) is 1. The molecule has 1 aromatic heterocycles. The van der Waals surface area contributed by atoms with Crippen LogP contribution in [0.15, 0.2) is 56.6 Å². The number of halogens is 4. The molecule has 34 heavy (non-hydrogen) atoms. The van der Waals surface area contributed by atoms with Crippen LogP contribution < -0.4 is 10.2 Å². The van der Waals surface area contributed by atoms with E-state index in [1.54, 1.807) is 0 Å². The van der Waals surface area contributed by atoms with Gasteiger partial charge in [-0.1, -0.05) is 23.9 Å². The molecule has 180 valence electrons. The molecule has 1 amide bonds. The number of nitrogens with one attached hydrogen (secondary N) is 1. The van der Waals surface area contributed by atoms with Crippen molar-refractivity contribution in [2.75, 3.05) is 49.2 Å². The van der Waals surface area contributed by atoms with Gasteiger partial charge in [-0.05, 0) is 53.3 Å². The van der Waals surface area contributed by atoms with E-state index in [1.165, 1.54) is 6.07 Å². The lowest BCUT2D eigenvalue weighted by molar-refractivity contribution is -0.137. The molecule has 0 spiro atoms. The molecule has 4 rings (SSSR count). The number of likely N-dealkylation sites (N-methyl/N-ethyl adjacent to an activating group) is 1. The van der Waals surface area contributed by atoms with Crippen LogP contribution in [0.4, 0.5) is 24.5 Å². The van der Waals surface area contributed by atoms with Crippen molar-refractivity contribution in [3.05, 3.63) is 52.5 Å². The molecule has 1 saturated heterocycles. The Bertz CT molecular complexity index is 1170. The third kappa shape index (κ3) is 5.91. The molecule has 0 aliphatic carbocycles. The number of carbonyl (C=O) groups is 1. The second-order valence-electron chi connectivity index (χ2n) is 7.71. The van der Waals surface area contributed by atoms with Crippen LogP contribution in [0.25, 0.3) is 11.5 Å². The van der Waals surface area contributed by atoms with E-state index in [-0.39, 0.29) is 16.7 Å². The summed E-state index contributed by atoms with van der Waals surface area (Å²) in [6.07, 6.45) is -4.51. The Kier molecular flexibility index (Phi) is 7.48. The smallest absolute Gasteiger partial charge is 0.411 e. The number of alkyl halides is 3. The number of carbonyl (C=O) groups excluding carboxylic acids is 1. The van der Waals surface area contributed by atoms with E-state index in [2.05, 4.69) is 36.3 Å². The summed E-state index contributed by atoms with van der Waals surface area (Å²) in [5, 5.41) is 10.8. The number of benzene rings is 2. The molecule has 0 radical (unpaired) electrons. The zero-order valence-electron chi connectivity index (χ0n) is 18.1. The Morgan fingerprint density at radius 3 is 2.59 bits per heavy atom. The van der Waals surface area contributed by atoms with Gasteiger partial charge in [0.1, 0.15) is 0 Å². The van der Waals surface area contributed by atoms with Gasteiger partial charge in [0.15, 0.2) is 0 Å². The minimum atomic E-state index is -4.51. The predicted molar refractivity (Wildman–Crippen MR) is 128 cm³/mol. The summed E-state index contributed by atoms with van der Waals surface area (Å²) in [6, 6.07) is 10.8. The van der Waals surface area contributed by atoms with Crippen molar-refractivity contribution in [2.24, 2.45) is 0 Å². The highest BCUT2D eigenvalue weighted by atomic mass is 79.9. The Labute approximate surface area is 206 Å². The Morgan fingerprint density at radius 2 is 1.88 bits per heavy atom. The van der Waals surface area contributed by atoms with Crippen LogP contribution in [0.3, 0.4) is 0 Å². The number of piperazine rings is 1. The van der Waals surface area contributed by atoms with E-state index in [0.29, 0.717) is 30.2 Å². The van der Waals surface area contributed by atoms with Crippen molar-refractivity contribution in [3.63, 3.8) is 0 Å². The molecule has 3 aromatic rings. The second kappa shape index (κ2) is 10.4. The maximum absolute atomic E-state index is 13.3. The fourth-order valence-electron chi connectivity index (χ4n) is 3.46. The third-order valence-electron chi connectivity index (χ3n) is 5.28. The van der Waals surface area contributed by atoms with E-state index >= 15 is 0 Å². The van der Waals surface area contributed by atoms with E-state index in [4.69, 9.17) is 4.42 Å². The van der Waals surface area contributed by atoms with Gasteiger partial charge in [-0.25, -0.2) is 0 Å². The monoisotopic (exact) mass is 555 g/mol. The zero-order valence-corrected chi connectivity index (χ0v) is 20.5. The second-order valence-corrected chi connectivity index (χ2v) is 9.49. The molecule has 12 heteroatoms. The Hall–Kier alpha value is -2.57. The molecule has 2 heterocycles. The topological polar surface area (TPSA) is 74.5 Å². The van der Waals surface area contributed by atoms with Crippen molar-refractivity contribution in [1.29, 1.82) is 0 Å². The highest BCUT2D eigenvalue weighted by Gasteiger charge is 2.32. The van der Waals surface area contributed by atoms with Crippen LogP contribution >= 0.6 is 27.7 Å². The summed E-state index contributed by atoms with van der Waals surface area (Å²) in [7, 11) is 1.99. The molecule has 1 aliphatic rings. The summed E-state index contributed by atoms with van der Waals surface area (Å²) in [5.41, 5.74) is 0.591. The highest BCUT2D eigenvalue weighted by molar-refractivity contribution is 9.10. The lowest BCUT2D eigenvalue weighted by Gasteiger charge is -2.35. The highest BCUT2D eigenvalue weighted by Crippen LogP contribution is 2.36. The quantitative estimate of drug-likeness (QED) is 0.429. The minimum absolute atomic E-state index is 0.101. The number of anilines is 2. The fraction of sp³-hybridized carbons (Fsp3) is 0.318. The number of nitrogens with zero attached hydrogens (tertiary/aromatic N) is 4. The van der Waals surface area contributed by atoms with Crippen LogP contribution in [-0.4, -0.2) is 60.0 Å². The number of hydrogen-bond acceptors (Lipinski definition) is 7. The van der Waals surface area contributed by atoms with Gasteiger partial charge >= 0.3 is 6.18 Å². The summed E-state index contributed by atoms with van der Waals surface area (Å²) >= 11 is 4.43. The first kappa shape index (κ1) is 24.6. The van der Waals surface area contributed by atoms with Crippen LogP contribution in [0.2, 0.25) is 0 Å². The SMILES string of the molecule is CN1CCN(c2ccc(C(F)(F)F)cc2NC(=O)CSc2nnc(-c3ccccc3Br)o2)CC1. The van der Waals surface area contributed by atoms with Crippen LogP contribution in [-0.2, 0) is 11.0 Å². The number of aromatic nitrogens is 2. The van der Waals surface area contributed by atoms with Gasteiger partial charge in [-0.3, -0.25) is 4.79 Å². The number of rotatable bonds is 6. The van der Waals surface area contributed by atoms with Crippen LogP contribution in [0.5, 0.6) is 0 Å². The fourth-order valence-corrected chi connectivity index (χ4v) is 4.48. The molecule has 0 unspecified atom stereocenters. The maximum Gasteiger partial charge on any atom is 0.416 e. The first-order chi connectivity index (χ1) is 16.2. The van der Waals surface area contributed by atoms with Gasteiger partial charge in [0, 0.05) is 30.7 Å². The molecule has 1 aliphatic heterocycles. The summed E-state index contributed by atoms with van der Waals surface area (Å²) in [4.78, 5) is 16.7. The molecule has 0 saturated carbocycles. The number of thioether (sulfide) groups is 1. The van der Waals surface area contributed by atoms with Crippen molar-refractivity contribution in [3.8, 4) is 11.5 Å². The average molecular weight is 556 g/mol. The Balaban J connectivity index is 1.46. The van der Waals surface area contributed by atoms with Gasteiger partial charge in [-0.2, -0.15) is 13.2 Å². The van der Waals surface area contributed by atoms with Crippen molar-refractivity contribution >= 4 is 45.0 Å². The molecule has 2 aromatic carbocycles. The first-order valence-corrected chi connectivity index (χ1v) is 12.1. The minimum Gasteiger partial charge on any atom is -0.411 e. The summed E-state index contributed by atoms with van der Waals surface area (Å²) in [6.45, 7) is 2.86. The number of amides is 1. The van der Waals surface area contributed by atoms with Crippen molar-refractivity contribution in [1.82, 2.24) is 15.1 Å². The molecule has 0 bridgehead atoms. The molecule has 1 fully saturated rings. The van der Waals surface area contributed by atoms with Crippen molar-refractivity contribution in [2.45, 2.75) is 11.4 Å². The molecular weight excluding hydrogens is 535 g/mol. The van der Waals surface area contributed by atoms with E-state index in [0.717, 1.165) is 41.5 Å². The normalized spacial score (nSPS) is 14.9. The predicted octanol–water partition coefficient (Wildman–Crippen LogP) is 5.00.